The van der Waals surface area contributed by atoms with Gasteiger partial charge in [-0.15, -0.1) is 5.10 Å². The Balaban J connectivity index is 1.50. The van der Waals surface area contributed by atoms with E-state index in [4.69, 9.17) is 13.9 Å². The zero-order valence-electron chi connectivity index (χ0n) is 21.7. The van der Waals surface area contributed by atoms with E-state index < -0.39 is 6.04 Å². The predicted molar refractivity (Wildman–Crippen MR) is 144 cm³/mol. The van der Waals surface area contributed by atoms with Crippen molar-refractivity contribution in [3.05, 3.63) is 106 Å². The fourth-order valence-electron chi connectivity index (χ4n) is 5.21. The number of rotatable bonds is 10. The summed E-state index contributed by atoms with van der Waals surface area (Å²) in [4.78, 5) is 18.9. The Hall–Kier alpha value is -4.28. The Morgan fingerprint density at radius 1 is 1.13 bits per heavy atom. The summed E-state index contributed by atoms with van der Waals surface area (Å²) in [6.07, 6.45) is 3.64. The van der Waals surface area contributed by atoms with Crippen LogP contribution in [-0.4, -0.2) is 49.9 Å². The summed E-state index contributed by atoms with van der Waals surface area (Å²) in [5.41, 5.74) is 2.14. The zero-order chi connectivity index (χ0) is 26.6. The molecule has 10 nitrogen and oxygen atoms in total. The molecule has 1 saturated heterocycles. The van der Waals surface area contributed by atoms with Gasteiger partial charge < -0.3 is 18.9 Å². The van der Waals surface area contributed by atoms with E-state index in [0.29, 0.717) is 36.8 Å². The maximum Gasteiger partial charge on any atom is 0.253 e. The lowest BCUT2D eigenvalue weighted by Gasteiger charge is -2.30. The van der Waals surface area contributed by atoms with Crippen LogP contribution >= 0.6 is 0 Å². The second-order valence-corrected chi connectivity index (χ2v) is 9.73. The molecule has 3 aromatic heterocycles. The monoisotopic (exact) mass is 526 g/mol. The van der Waals surface area contributed by atoms with Gasteiger partial charge in [0, 0.05) is 29.6 Å². The Morgan fingerprint density at radius 2 is 2.03 bits per heavy atom. The smallest absolute Gasteiger partial charge is 0.253 e. The summed E-state index contributed by atoms with van der Waals surface area (Å²) in [6.45, 7) is 2.22. The minimum Gasteiger partial charge on any atom is -0.497 e. The zero-order valence-corrected chi connectivity index (χ0v) is 21.7. The number of hydrogen-bond donors (Lipinski definition) is 1. The molecule has 1 fully saturated rings. The largest absolute Gasteiger partial charge is 0.497 e. The normalized spacial score (nSPS) is 16.2. The lowest BCUT2D eigenvalue weighted by atomic mass is 10.0. The summed E-state index contributed by atoms with van der Waals surface area (Å²) >= 11 is 0. The van der Waals surface area contributed by atoms with Gasteiger partial charge in [0.2, 0.25) is 0 Å². The van der Waals surface area contributed by atoms with Gasteiger partial charge in [-0.25, -0.2) is 4.68 Å². The van der Waals surface area contributed by atoms with Crippen LogP contribution in [0.5, 0.6) is 5.75 Å². The number of methoxy groups -OCH3 is 1. The van der Waals surface area contributed by atoms with Crippen molar-refractivity contribution in [2.75, 3.05) is 13.7 Å². The number of tetrazole rings is 1. The van der Waals surface area contributed by atoms with Gasteiger partial charge in [0.05, 0.1) is 32.6 Å². The second kappa shape index (κ2) is 11.2. The lowest BCUT2D eigenvalue weighted by Crippen LogP contribution is -2.35. The summed E-state index contributed by atoms with van der Waals surface area (Å²) < 4.78 is 18.9. The SMILES string of the molecule is COc1ccc2[nH]c(=O)c([C@@H](c3nnnn3C[C@@H]3CCCO3)N(Cc3ccccc3)Cc3ccco3)cc2c1. The van der Waals surface area contributed by atoms with Gasteiger partial charge >= 0.3 is 0 Å². The highest BCUT2D eigenvalue weighted by Crippen LogP contribution is 2.31. The first-order valence-electron chi connectivity index (χ1n) is 13.1. The number of furan rings is 1. The predicted octanol–water partition coefficient (Wildman–Crippen LogP) is 4.09. The van der Waals surface area contributed by atoms with Crippen molar-refractivity contribution >= 4 is 10.9 Å². The maximum atomic E-state index is 13.7. The van der Waals surface area contributed by atoms with E-state index in [2.05, 4.69) is 37.5 Å². The van der Waals surface area contributed by atoms with Crippen molar-refractivity contribution in [1.82, 2.24) is 30.1 Å². The number of aromatic amines is 1. The molecule has 0 unspecified atom stereocenters. The molecular formula is C29H30N6O4. The molecule has 39 heavy (non-hydrogen) atoms. The second-order valence-electron chi connectivity index (χ2n) is 9.73. The third-order valence-corrected chi connectivity index (χ3v) is 7.11. The third-order valence-electron chi connectivity index (χ3n) is 7.11. The van der Waals surface area contributed by atoms with Crippen LogP contribution in [0, 0.1) is 0 Å². The van der Waals surface area contributed by atoms with E-state index in [0.717, 1.165) is 41.7 Å². The maximum absolute atomic E-state index is 13.7. The molecule has 1 aliphatic rings. The molecule has 1 aliphatic heterocycles. The first-order chi connectivity index (χ1) is 19.2. The number of hydrogen-bond acceptors (Lipinski definition) is 8. The molecule has 6 rings (SSSR count). The van der Waals surface area contributed by atoms with E-state index in [1.54, 1.807) is 18.1 Å². The minimum atomic E-state index is -0.578. The van der Waals surface area contributed by atoms with Crippen LogP contribution in [0.2, 0.25) is 0 Å². The molecule has 200 valence electrons. The lowest BCUT2D eigenvalue weighted by molar-refractivity contribution is 0.0901. The van der Waals surface area contributed by atoms with Gasteiger partial charge in [0.15, 0.2) is 5.82 Å². The number of fused-ring (bicyclic) bond motifs is 1. The van der Waals surface area contributed by atoms with E-state index in [9.17, 15) is 4.79 Å². The summed E-state index contributed by atoms with van der Waals surface area (Å²) in [7, 11) is 1.63. The Labute approximate surface area is 225 Å². The molecule has 10 heteroatoms. The fourth-order valence-corrected chi connectivity index (χ4v) is 5.21. The molecule has 0 amide bonds. The van der Waals surface area contributed by atoms with Crippen LogP contribution in [0.4, 0.5) is 0 Å². The molecule has 0 saturated carbocycles. The van der Waals surface area contributed by atoms with Crippen LogP contribution < -0.4 is 10.3 Å². The quantitative estimate of drug-likeness (QED) is 0.290. The van der Waals surface area contributed by atoms with Crippen LogP contribution in [0.1, 0.15) is 41.6 Å². The van der Waals surface area contributed by atoms with Crippen molar-refractivity contribution in [2.24, 2.45) is 0 Å². The molecule has 4 heterocycles. The van der Waals surface area contributed by atoms with Gasteiger partial charge in [-0.1, -0.05) is 30.3 Å². The Bertz CT molecular complexity index is 1570. The average molecular weight is 527 g/mol. The number of nitrogens with one attached hydrogen (secondary N) is 1. The van der Waals surface area contributed by atoms with Crippen LogP contribution in [0.15, 0.2) is 82.2 Å². The van der Waals surface area contributed by atoms with Crippen molar-refractivity contribution in [3.63, 3.8) is 0 Å². The highest BCUT2D eigenvalue weighted by atomic mass is 16.5. The van der Waals surface area contributed by atoms with Crippen molar-refractivity contribution < 1.29 is 13.9 Å². The number of benzene rings is 2. The van der Waals surface area contributed by atoms with E-state index in [1.165, 1.54) is 0 Å². The fraction of sp³-hybridized carbons (Fsp3) is 0.310. The Morgan fingerprint density at radius 3 is 2.79 bits per heavy atom. The van der Waals surface area contributed by atoms with Gasteiger partial charge in [0.25, 0.3) is 5.56 Å². The number of H-pyrrole nitrogens is 1. The van der Waals surface area contributed by atoms with Crippen molar-refractivity contribution in [2.45, 2.75) is 44.6 Å². The number of pyridine rings is 1. The van der Waals surface area contributed by atoms with Crippen molar-refractivity contribution in [1.29, 1.82) is 0 Å². The highest BCUT2D eigenvalue weighted by Gasteiger charge is 2.32. The van der Waals surface area contributed by atoms with Gasteiger partial charge in [0.1, 0.15) is 17.6 Å². The van der Waals surface area contributed by atoms with Crippen LogP contribution in [0.25, 0.3) is 10.9 Å². The molecule has 2 atom stereocenters. The van der Waals surface area contributed by atoms with E-state index in [-0.39, 0.29) is 11.7 Å². The van der Waals surface area contributed by atoms with E-state index >= 15 is 0 Å². The number of ether oxygens (including phenoxy) is 2. The third kappa shape index (κ3) is 5.47. The standard InChI is InChI=1S/C29H30N6O4/c1-37-22-11-12-26-21(15-22)16-25(29(36)30-26)27(28-31-32-33-35(28)19-24-10-6-14-39-24)34(18-23-9-5-13-38-23)17-20-7-3-2-4-8-20/h2-5,7-9,11-13,15-16,24,27H,6,10,14,17-19H2,1H3,(H,30,36)/t24-,27-/m0/s1. The summed E-state index contributed by atoms with van der Waals surface area (Å²) in [5, 5.41) is 13.7. The molecule has 0 spiro atoms. The molecular weight excluding hydrogens is 496 g/mol. The minimum absolute atomic E-state index is 0.0275. The number of nitrogens with zero attached hydrogens (tertiary/aromatic N) is 5. The van der Waals surface area contributed by atoms with E-state index in [1.807, 2.05) is 54.6 Å². The first kappa shape index (κ1) is 25.0. The van der Waals surface area contributed by atoms with Crippen LogP contribution in [0.3, 0.4) is 0 Å². The van der Waals surface area contributed by atoms with Crippen LogP contribution in [-0.2, 0) is 24.4 Å². The number of aromatic nitrogens is 5. The summed E-state index contributed by atoms with van der Waals surface area (Å²) in [6, 6.07) is 20.8. The highest BCUT2D eigenvalue weighted by molar-refractivity contribution is 5.80. The molecule has 5 aromatic rings. The molecule has 0 bridgehead atoms. The van der Waals surface area contributed by atoms with Gasteiger partial charge in [-0.2, -0.15) is 0 Å². The average Bonchev–Trinajstić information content (AvgIpc) is 3.75. The molecule has 0 aliphatic carbocycles. The first-order valence-corrected chi connectivity index (χ1v) is 13.1. The molecule has 0 radical (unpaired) electrons. The van der Waals surface area contributed by atoms with Gasteiger partial charge in [-0.3, -0.25) is 9.69 Å². The molecule has 2 aromatic carbocycles. The molecule has 1 N–H and O–H groups in total. The topological polar surface area (TPSA) is 111 Å². The Kier molecular flexibility index (Phi) is 7.20. The van der Waals surface area contributed by atoms with Crippen molar-refractivity contribution in [3.8, 4) is 5.75 Å². The van der Waals surface area contributed by atoms with Gasteiger partial charge in [-0.05, 0) is 65.2 Å². The summed E-state index contributed by atoms with van der Waals surface area (Å²) in [5.74, 6) is 2.05.